The van der Waals surface area contributed by atoms with Crippen molar-refractivity contribution in [1.29, 1.82) is 0 Å². The zero-order valence-corrected chi connectivity index (χ0v) is 14.8. The monoisotopic (exact) mass is 398 g/mol. The number of rotatable bonds is 7. The molecule has 28 heavy (non-hydrogen) atoms. The van der Waals surface area contributed by atoms with Gasteiger partial charge in [-0.2, -0.15) is 13.2 Å². The molecule has 0 saturated carbocycles. The second kappa shape index (κ2) is 9.43. The molecule has 2 atom stereocenters. The number of benzene rings is 2. The molecule has 0 saturated heterocycles. The van der Waals surface area contributed by atoms with Crippen LogP contribution >= 0.6 is 0 Å². The van der Waals surface area contributed by atoms with Crippen LogP contribution in [0.1, 0.15) is 29.2 Å². The first kappa shape index (κ1) is 21.5. The number of ether oxygens (including phenoxy) is 1. The van der Waals surface area contributed by atoms with Gasteiger partial charge in [0.1, 0.15) is 12.7 Å². The normalized spacial score (nSPS) is 13.6. The van der Waals surface area contributed by atoms with Gasteiger partial charge >= 0.3 is 12.3 Å². The summed E-state index contributed by atoms with van der Waals surface area (Å²) in [5.74, 6) is 0. The molecule has 0 fully saturated rings. The third kappa shape index (κ3) is 6.14. The lowest BCUT2D eigenvalue weighted by Crippen LogP contribution is -2.30. The molecule has 152 valence electrons. The summed E-state index contributed by atoms with van der Waals surface area (Å²) in [6.45, 7) is -0.0413. The van der Waals surface area contributed by atoms with E-state index in [1.54, 1.807) is 24.3 Å². The Morgan fingerprint density at radius 2 is 1.82 bits per heavy atom. The molecule has 6 nitrogen and oxygen atoms in total. The number of aliphatic hydroxyl groups excluding tert-OH is 2. The van der Waals surface area contributed by atoms with Crippen molar-refractivity contribution in [2.75, 3.05) is 12.3 Å². The number of alkyl carbamates (subject to hydrolysis) is 1. The molecule has 1 amide bonds. The van der Waals surface area contributed by atoms with Gasteiger partial charge in [-0.25, -0.2) is 4.79 Å². The molecule has 0 aliphatic heterocycles. The van der Waals surface area contributed by atoms with Crippen molar-refractivity contribution in [2.24, 2.45) is 0 Å². The Morgan fingerprint density at radius 1 is 1.14 bits per heavy atom. The van der Waals surface area contributed by atoms with Crippen LogP contribution in [0.25, 0.3) is 0 Å². The average molecular weight is 398 g/mol. The van der Waals surface area contributed by atoms with Gasteiger partial charge in [-0.15, -0.1) is 0 Å². The second-order valence-electron chi connectivity index (χ2n) is 6.13. The number of aliphatic hydroxyl groups is 2. The van der Waals surface area contributed by atoms with Crippen molar-refractivity contribution < 1.29 is 32.9 Å². The SMILES string of the molecule is Nc1ccc(C(O)C(O)CCNC(=O)OCc2ccccc2)c(C(F)(F)F)c1. The molecule has 0 spiro atoms. The average Bonchev–Trinajstić information content (AvgIpc) is 2.66. The van der Waals surface area contributed by atoms with Crippen LogP contribution in [0, 0.1) is 0 Å². The fourth-order valence-corrected chi connectivity index (χ4v) is 2.54. The van der Waals surface area contributed by atoms with E-state index < -0.39 is 35.6 Å². The highest BCUT2D eigenvalue weighted by atomic mass is 19.4. The fraction of sp³-hybridized carbons (Fsp3) is 0.316. The number of carbonyl (C=O) groups is 1. The number of carbonyl (C=O) groups excluding carboxylic acids is 1. The minimum Gasteiger partial charge on any atom is -0.445 e. The Hall–Kier alpha value is -2.78. The van der Waals surface area contributed by atoms with Crippen molar-refractivity contribution in [2.45, 2.75) is 31.4 Å². The maximum atomic E-state index is 13.1. The Kier molecular flexibility index (Phi) is 7.24. The summed E-state index contributed by atoms with van der Waals surface area (Å²) in [5, 5.41) is 22.5. The summed E-state index contributed by atoms with van der Waals surface area (Å²) < 4.78 is 44.3. The molecule has 2 rings (SSSR count). The number of anilines is 1. The topological polar surface area (TPSA) is 105 Å². The zero-order valence-electron chi connectivity index (χ0n) is 14.8. The number of nitrogens with two attached hydrogens (primary N) is 1. The molecule has 0 radical (unpaired) electrons. The van der Waals surface area contributed by atoms with E-state index >= 15 is 0 Å². The summed E-state index contributed by atoms with van der Waals surface area (Å²) in [6, 6.07) is 11.9. The predicted molar refractivity (Wildman–Crippen MR) is 96.1 cm³/mol. The molecule has 0 heterocycles. The minimum absolute atomic E-state index is 0.0538. The standard InChI is InChI=1S/C19H21F3N2O4/c20-19(21,22)15-10-13(23)6-7-14(15)17(26)16(25)8-9-24-18(27)28-11-12-4-2-1-3-5-12/h1-7,10,16-17,25-26H,8-9,11,23H2,(H,24,27). The highest BCUT2D eigenvalue weighted by Crippen LogP contribution is 2.37. The van der Waals surface area contributed by atoms with Gasteiger partial charge in [0.05, 0.1) is 11.7 Å². The van der Waals surface area contributed by atoms with Crippen LogP contribution in [-0.2, 0) is 17.5 Å². The molecule has 2 aromatic carbocycles. The van der Waals surface area contributed by atoms with Gasteiger partial charge in [-0.3, -0.25) is 0 Å². The van der Waals surface area contributed by atoms with E-state index in [1.165, 1.54) is 6.07 Å². The smallest absolute Gasteiger partial charge is 0.416 e. The predicted octanol–water partition coefficient (Wildman–Crippen LogP) is 3.00. The summed E-state index contributed by atoms with van der Waals surface area (Å²) >= 11 is 0. The molecular formula is C19H21F3N2O4. The van der Waals surface area contributed by atoms with Crippen molar-refractivity contribution in [3.05, 3.63) is 65.2 Å². The molecule has 0 bridgehead atoms. The van der Waals surface area contributed by atoms with Gasteiger partial charge in [-0.1, -0.05) is 36.4 Å². The van der Waals surface area contributed by atoms with Gasteiger partial charge in [-0.05, 0) is 29.7 Å². The Morgan fingerprint density at radius 3 is 2.46 bits per heavy atom. The fourth-order valence-electron chi connectivity index (χ4n) is 2.54. The summed E-state index contributed by atoms with van der Waals surface area (Å²) in [5.41, 5.74) is 4.45. The third-order valence-corrected chi connectivity index (χ3v) is 3.99. The van der Waals surface area contributed by atoms with E-state index in [0.717, 1.165) is 11.6 Å². The number of alkyl halides is 3. The van der Waals surface area contributed by atoms with Crippen LogP contribution in [0.5, 0.6) is 0 Å². The Labute approximate surface area is 159 Å². The first-order chi connectivity index (χ1) is 13.2. The van der Waals surface area contributed by atoms with Gasteiger partial charge in [0.15, 0.2) is 0 Å². The maximum absolute atomic E-state index is 13.1. The quantitative estimate of drug-likeness (QED) is 0.537. The Bertz CT molecular complexity index is 784. The third-order valence-electron chi connectivity index (χ3n) is 3.99. The van der Waals surface area contributed by atoms with Crippen LogP contribution < -0.4 is 11.1 Å². The van der Waals surface area contributed by atoms with Crippen molar-refractivity contribution >= 4 is 11.8 Å². The van der Waals surface area contributed by atoms with Gasteiger partial charge in [0.2, 0.25) is 0 Å². The van der Waals surface area contributed by atoms with Crippen LogP contribution in [0.15, 0.2) is 48.5 Å². The van der Waals surface area contributed by atoms with Gasteiger partial charge in [0.25, 0.3) is 0 Å². The lowest BCUT2D eigenvalue weighted by Gasteiger charge is -2.22. The summed E-state index contributed by atoms with van der Waals surface area (Å²) in [6.07, 6.45) is -8.97. The van der Waals surface area contributed by atoms with E-state index in [-0.39, 0.29) is 25.3 Å². The zero-order chi connectivity index (χ0) is 20.7. The van der Waals surface area contributed by atoms with Gasteiger partial charge < -0.3 is 26.0 Å². The number of nitrogen functional groups attached to an aromatic ring is 1. The summed E-state index contributed by atoms with van der Waals surface area (Å²) in [4.78, 5) is 11.6. The lowest BCUT2D eigenvalue weighted by molar-refractivity contribution is -0.139. The second-order valence-corrected chi connectivity index (χ2v) is 6.13. The van der Waals surface area contributed by atoms with E-state index in [2.05, 4.69) is 5.32 Å². The van der Waals surface area contributed by atoms with Crippen molar-refractivity contribution in [3.8, 4) is 0 Å². The first-order valence-corrected chi connectivity index (χ1v) is 8.46. The van der Waals surface area contributed by atoms with Crippen LogP contribution in [-0.4, -0.2) is 29.0 Å². The molecule has 0 aliphatic carbocycles. The number of amides is 1. The minimum atomic E-state index is -4.73. The van der Waals surface area contributed by atoms with Crippen molar-refractivity contribution in [1.82, 2.24) is 5.32 Å². The number of halogens is 3. The van der Waals surface area contributed by atoms with E-state index in [0.29, 0.717) is 6.07 Å². The van der Waals surface area contributed by atoms with Crippen LogP contribution in [0.3, 0.4) is 0 Å². The lowest BCUT2D eigenvalue weighted by atomic mass is 9.96. The number of nitrogens with one attached hydrogen (secondary N) is 1. The van der Waals surface area contributed by atoms with Crippen molar-refractivity contribution in [3.63, 3.8) is 0 Å². The molecule has 2 aromatic rings. The summed E-state index contributed by atoms with van der Waals surface area (Å²) in [7, 11) is 0. The van der Waals surface area contributed by atoms with Crippen LogP contribution in [0.4, 0.5) is 23.7 Å². The molecule has 9 heteroatoms. The highest BCUT2D eigenvalue weighted by Gasteiger charge is 2.36. The highest BCUT2D eigenvalue weighted by molar-refractivity contribution is 5.67. The van der Waals surface area contributed by atoms with Crippen LogP contribution in [0.2, 0.25) is 0 Å². The molecule has 0 aliphatic rings. The Balaban J connectivity index is 1.86. The number of hydrogen-bond acceptors (Lipinski definition) is 5. The molecular weight excluding hydrogens is 377 g/mol. The molecule has 5 N–H and O–H groups in total. The van der Waals surface area contributed by atoms with E-state index in [1.807, 2.05) is 6.07 Å². The first-order valence-electron chi connectivity index (χ1n) is 8.46. The van der Waals surface area contributed by atoms with E-state index in [9.17, 15) is 28.2 Å². The van der Waals surface area contributed by atoms with Gasteiger partial charge in [0, 0.05) is 12.2 Å². The number of hydrogen-bond donors (Lipinski definition) is 4. The largest absolute Gasteiger partial charge is 0.445 e. The van der Waals surface area contributed by atoms with E-state index in [4.69, 9.17) is 10.5 Å². The molecule has 0 aromatic heterocycles. The molecule has 2 unspecified atom stereocenters. The maximum Gasteiger partial charge on any atom is 0.416 e.